The van der Waals surface area contributed by atoms with Crippen LogP contribution in [0.1, 0.15) is 0 Å². The molecule has 56 valence electrons. The summed E-state index contributed by atoms with van der Waals surface area (Å²) >= 11 is 0. The van der Waals surface area contributed by atoms with Gasteiger partial charge in [-0.3, -0.25) is 4.99 Å². The van der Waals surface area contributed by atoms with Crippen molar-refractivity contribution < 1.29 is 0 Å². The van der Waals surface area contributed by atoms with Gasteiger partial charge in [0.15, 0.2) is 0 Å². The molecule has 0 atom stereocenters. The van der Waals surface area contributed by atoms with Gasteiger partial charge in [-0.25, -0.2) is 0 Å². The predicted octanol–water partition coefficient (Wildman–Crippen LogP) is -0.450. The van der Waals surface area contributed by atoms with Gasteiger partial charge in [0.05, 0.1) is 6.54 Å². The van der Waals surface area contributed by atoms with E-state index in [1.54, 1.807) is 0 Å². The second kappa shape index (κ2) is 2.23. The molecule has 0 aromatic rings. The fraction of sp³-hybridized carbons (Fsp3) is 0.857. The molecule has 1 fully saturated rings. The van der Waals surface area contributed by atoms with E-state index in [1.807, 2.05) is 0 Å². The van der Waals surface area contributed by atoms with Gasteiger partial charge >= 0.3 is 0 Å². The number of likely N-dealkylation sites (N-methyl/N-ethyl adjacent to an activating group) is 1. The van der Waals surface area contributed by atoms with E-state index in [1.165, 1.54) is 5.84 Å². The Labute approximate surface area is 61.1 Å². The van der Waals surface area contributed by atoms with Crippen molar-refractivity contribution in [1.82, 2.24) is 10.2 Å². The molecule has 1 saturated heterocycles. The van der Waals surface area contributed by atoms with Crippen LogP contribution in [0.15, 0.2) is 4.99 Å². The normalized spacial score (nSPS) is 26.5. The van der Waals surface area contributed by atoms with Gasteiger partial charge in [0, 0.05) is 32.6 Å². The summed E-state index contributed by atoms with van der Waals surface area (Å²) in [6, 6.07) is 0. The molecule has 2 aliphatic heterocycles. The summed E-state index contributed by atoms with van der Waals surface area (Å²) in [6.07, 6.45) is 0. The summed E-state index contributed by atoms with van der Waals surface area (Å²) in [6.45, 7) is 4.38. The lowest BCUT2D eigenvalue weighted by Gasteiger charge is -2.30. The number of aliphatic imine (C=N–C) groups is 1. The first-order valence-corrected chi connectivity index (χ1v) is 3.84. The molecule has 0 saturated carbocycles. The zero-order chi connectivity index (χ0) is 6.97. The Balaban J connectivity index is 2.01. The Morgan fingerprint density at radius 1 is 1.60 bits per heavy atom. The number of rotatable bonds is 1. The largest absolute Gasteiger partial charge is 0.361 e. The summed E-state index contributed by atoms with van der Waals surface area (Å²) in [4.78, 5) is 6.71. The van der Waals surface area contributed by atoms with Crippen LogP contribution in [0.25, 0.3) is 0 Å². The minimum absolute atomic E-state index is 0.715. The average Bonchev–Trinajstić information content (AvgIpc) is 2.12. The second-order valence-corrected chi connectivity index (χ2v) is 3.02. The van der Waals surface area contributed by atoms with Crippen molar-refractivity contribution in [2.24, 2.45) is 10.9 Å². The number of hydrogen-bond donors (Lipinski definition) is 1. The number of nitrogens with one attached hydrogen (secondary N) is 1. The zero-order valence-corrected chi connectivity index (χ0v) is 6.30. The van der Waals surface area contributed by atoms with Crippen molar-refractivity contribution in [3.05, 3.63) is 0 Å². The lowest BCUT2D eigenvalue weighted by atomic mass is 10.0. The van der Waals surface area contributed by atoms with E-state index in [9.17, 15) is 0 Å². The van der Waals surface area contributed by atoms with E-state index in [4.69, 9.17) is 0 Å². The van der Waals surface area contributed by atoms with Gasteiger partial charge in [-0.05, 0) is 0 Å². The van der Waals surface area contributed by atoms with Crippen molar-refractivity contribution in [3.8, 4) is 0 Å². The van der Waals surface area contributed by atoms with Crippen LogP contribution in [0.3, 0.4) is 0 Å². The molecular weight excluding hydrogens is 126 g/mol. The molecule has 0 amide bonds. The highest BCUT2D eigenvalue weighted by atomic mass is 15.2. The van der Waals surface area contributed by atoms with Crippen molar-refractivity contribution in [1.29, 1.82) is 0 Å². The molecule has 2 heterocycles. The van der Waals surface area contributed by atoms with Crippen molar-refractivity contribution in [2.45, 2.75) is 0 Å². The number of amidine groups is 1. The predicted molar refractivity (Wildman–Crippen MR) is 41.3 cm³/mol. The van der Waals surface area contributed by atoms with E-state index in [0.717, 1.165) is 26.2 Å². The molecule has 2 aliphatic rings. The van der Waals surface area contributed by atoms with Gasteiger partial charge in [0.1, 0.15) is 5.84 Å². The minimum Gasteiger partial charge on any atom is -0.361 e. The van der Waals surface area contributed by atoms with Crippen molar-refractivity contribution >= 4 is 5.84 Å². The van der Waals surface area contributed by atoms with Gasteiger partial charge in [-0.15, -0.1) is 0 Å². The van der Waals surface area contributed by atoms with Gasteiger partial charge in [-0.1, -0.05) is 0 Å². The van der Waals surface area contributed by atoms with Crippen LogP contribution >= 0.6 is 0 Å². The molecule has 3 nitrogen and oxygen atoms in total. The third kappa shape index (κ3) is 0.814. The first kappa shape index (κ1) is 6.16. The molecule has 0 spiro atoms. The average molecular weight is 139 g/mol. The van der Waals surface area contributed by atoms with Crippen LogP contribution in [0.2, 0.25) is 0 Å². The van der Waals surface area contributed by atoms with Gasteiger partial charge in [-0.2, -0.15) is 0 Å². The topological polar surface area (TPSA) is 27.6 Å². The molecule has 0 radical (unpaired) electrons. The molecule has 0 unspecified atom stereocenters. The second-order valence-electron chi connectivity index (χ2n) is 3.02. The van der Waals surface area contributed by atoms with Gasteiger partial charge < -0.3 is 10.2 Å². The highest BCUT2D eigenvalue weighted by Gasteiger charge is 2.27. The number of hydrogen-bond acceptors (Lipinski definition) is 3. The Morgan fingerprint density at radius 2 is 2.40 bits per heavy atom. The molecule has 0 aromatic heterocycles. The summed E-state index contributed by atoms with van der Waals surface area (Å²) in [7, 11) is 2.13. The lowest BCUT2D eigenvalue weighted by molar-refractivity contribution is 0.403. The molecule has 0 aromatic carbocycles. The minimum atomic E-state index is 0.715. The van der Waals surface area contributed by atoms with E-state index in [0.29, 0.717) is 5.92 Å². The molecular formula is C7H13N3. The fourth-order valence-corrected chi connectivity index (χ4v) is 1.46. The van der Waals surface area contributed by atoms with E-state index in [2.05, 4.69) is 22.3 Å². The Bertz CT molecular complexity index is 160. The van der Waals surface area contributed by atoms with Crippen LogP contribution in [0.5, 0.6) is 0 Å². The van der Waals surface area contributed by atoms with E-state index in [-0.39, 0.29) is 0 Å². The maximum absolute atomic E-state index is 4.44. The molecule has 1 N–H and O–H groups in total. The van der Waals surface area contributed by atoms with Crippen LogP contribution in [-0.4, -0.2) is 44.0 Å². The van der Waals surface area contributed by atoms with Crippen LogP contribution in [0.4, 0.5) is 0 Å². The van der Waals surface area contributed by atoms with E-state index < -0.39 is 0 Å². The molecule has 2 rings (SSSR count). The lowest BCUT2D eigenvalue weighted by Crippen LogP contribution is -2.50. The summed E-state index contributed by atoms with van der Waals surface area (Å²) in [5.74, 6) is 2.03. The monoisotopic (exact) mass is 139 g/mol. The van der Waals surface area contributed by atoms with Crippen LogP contribution in [-0.2, 0) is 0 Å². The highest BCUT2D eigenvalue weighted by Crippen LogP contribution is 2.12. The fourth-order valence-electron chi connectivity index (χ4n) is 1.46. The first-order chi connectivity index (χ1) is 4.88. The zero-order valence-electron chi connectivity index (χ0n) is 6.30. The van der Waals surface area contributed by atoms with Gasteiger partial charge in [0.2, 0.25) is 0 Å². The highest BCUT2D eigenvalue weighted by molar-refractivity contribution is 5.86. The summed E-state index contributed by atoms with van der Waals surface area (Å²) in [5, 5.41) is 3.25. The standard InChI is InChI=1S/C7H13N3/c1-10-3-2-9-7(10)6-4-8-5-6/h6,8H,2-5H2,1H3. The van der Waals surface area contributed by atoms with Crippen molar-refractivity contribution in [2.75, 3.05) is 33.2 Å². The summed E-state index contributed by atoms with van der Waals surface area (Å²) < 4.78 is 0. The smallest absolute Gasteiger partial charge is 0.104 e. The quantitative estimate of drug-likeness (QED) is 0.533. The molecule has 10 heavy (non-hydrogen) atoms. The Morgan fingerprint density at radius 3 is 2.80 bits per heavy atom. The van der Waals surface area contributed by atoms with Crippen LogP contribution < -0.4 is 5.32 Å². The Kier molecular flexibility index (Phi) is 1.38. The third-order valence-electron chi connectivity index (χ3n) is 2.25. The van der Waals surface area contributed by atoms with Crippen LogP contribution in [0, 0.1) is 5.92 Å². The number of nitrogens with zero attached hydrogens (tertiary/aromatic N) is 2. The Hall–Kier alpha value is -0.570. The maximum atomic E-state index is 4.44. The molecule has 3 heteroatoms. The third-order valence-corrected chi connectivity index (χ3v) is 2.25. The van der Waals surface area contributed by atoms with E-state index >= 15 is 0 Å². The maximum Gasteiger partial charge on any atom is 0.104 e. The van der Waals surface area contributed by atoms with Crippen molar-refractivity contribution in [3.63, 3.8) is 0 Å². The molecule has 0 bridgehead atoms. The molecule has 0 aliphatic carbocycles. The SMILES string of the molecule is CN1CCN=C1C1CNC1. The first-order valence-electron chi connectivity index (χ1n) is 3.84. The summed E-state index contributed by atoms with van der Waals surface area (Å²) in [5.41, 5.74) is 0. The van der Waals surface area contributed by atoms with Gasteiger partial charge in [0.25, 0.3) is 0 Å².